The standard InChI is InChI=1S/C16H19ClN2O4/c1-3-23-15(21)8-18-16(22)11-6-14(20)19(9-11)12-5-4-10(2)13(17)7-12/h4-5,7,11H,3,6,8-9H2,1-2H3,(H,18,22). The number of amides is 2. The molecule has 2 rings (SSSR count). The lowest BCUT2D eigenvalue weighted by Gasteiger charge is -2.17. The van der Waals surface area contributed by atoms with Gasteiger partial charge in [0, 0.05) is 23.7 Å². The minimum absolute atomic E-state index is 0.111. The summed E-state index contributed by atoms with van der Waals surface area (Å²) in [5.74, 6) is -1.45. The van der Waals surface area contributed by atoms with Crippen LogP contribution in [-0.2, 0) is 19.1 Å². The molecule has 1 fully saturated rings. The molecule has 1 N–H and O–H groups in total. The summed E-state index contributed by atoms with van der Waals surface area (Å²) in [6.07, 6.45) is 0.111. The number of rotatable bonds is 5. The van der Waals surface area contributed by atoms with Gasteiger partial charge >= 0.3 is 5.97 Å². The van der Waals surface area contributed by atoms with E-state index in [1.165, 1.54) is 0 Å². The third-order valence-electron chi connectivity index (χ3n) is 3.68. The van der Waals surface area contributed by atoms with Crippen molar-refractivity contribution in [1.29, 1.82) is 0 Å². The highest BCUT2D eigenvalue weighted by molar-refractivity contribution is 6.31. The third kappa shape index (κ3) is 4.22. The predicted octanol–water partition coefficient (Wildman–Crippen LogP) is 1.68. The van der Waals surface area contributed by atoms with Crippen LogP contribution in [0.1, 0.15) is 18.9 Å². The average Bonchev–Trinajstić information content (AvgIpc) is 2.90. The Morgan fingerprint density at radius 1 is 1.43 bits per heavy atom. The van der Waals surface area contributed by atoms with Crippen molar-refractivity contribution < 1.29 is 19.1 Å². The minimum atomic E-state index is -0.493. The molecule has 0 spiro atoms. The summed E-state index contributed by atoms with van der Waals surface area (Å²) in [5.41, 5.74) is 1.59. The van der Waals surface area contributed by atoms with Crippen molar-refractivity contribution in [1.82, 2.24) is 5.32 Å². The molecule has 1 aliphatic heterocycles. The van der Waals surface area contributed by atoms with Crippen molar-refractivity contribution in [2.75, 3.05) is 24.6 Å². The quantitative estimate of drug-likeness (QED) is 0.829. The van der Waals surface area contributed by atoms with Gasteiger partial charge in [0.15, 0.2) is 0 Å². The van der Waals surface area contributed by atoms with E-state index in [1.807, 2.05) is 13.0 Å². The molecule has 1 heterocycles. The summed E-state index contributed by atoms with van der Waals surface area (Å²) in [6.45, 7) is 3.92. The number of aryl methyl sites for hydroxylation is 1. The molecule has 1 unspecified atom stereocenters. The SMILES string of the molecule is CCOC(=O)CNC(=O)C1CC(=O)N(c2ccc(C)c(Cl)c2)C1. The summed E-state index contributed by atoms with van der Waals surface area (Å²) in [6, 6.07) is 5.35. The van der Waals surface area contributed by atoms with Crippen LogP contribution in [0.3, 0.4) is 0 Å². The van der Waals surface area contributed by atoms with Crippen LogP contribution in [0.15, 0.2) is 18.2 Å². The lowest BCUT2D eigenvalue weighted by atomic mass is 10.1. The number of esters is 1. The van der Waals surface area contributed by atoms with E-state index in [9.17, 15) is 14.4 Å². The van der Waals surface area contributed by atoms with Crippen LogP contribution in [0.2, 0.25) is 5.02 Å². The van der Waals surface area contributed by atoms with E-state index in [0.29, 0.717) is 10.7 Å². The Morgan fingerprint density at radius 2 is 2.17 bits per heavy atom. The number of carbonyl (C=O) groups excluding carboxylic acids is 3. The first kappa shape index (κ1) is 17.3. The molecule has 124 valence electrons. The zero-order valence-corrected chi connectivity index (χ0v) is 13.9. The van der Waals surface area contributed by atoms with Crippen molar-refractivity contribution in [2.24, 2.45) is 5.92 Å². The van der Waals surface area contributed by atoms with Gasteiger partial charge in [0.25, 0.3) is 0 Å². The fourth-order valence-electron chi connectivity index (χ4n) is 2.40. The molecule has 1 saturated heterocycles. The van der Waals surface area contributed by atoms with Gasteiger partial charge in [0.2, 0.25) is 11.8 Å². The Bertz CT molecular complexity index is 633. The van der Waals surface area contributed by atoms with Crippen LogP contribution in [0.4, 0.5) is 5.69 Å². The van der Waals surface area contributed by atoms with Crippen molar-refractivity contribution in [3.8, 4) is 0 Å². The molecule has 7 heteroatoms. The number of ether oxygens (including phenoxy) is 1. The van der Waals surface area contributed by atoms with Gasteiger partial charge in [-0.05, 0) is 31.5 Å². The summed E-state index contributed by atoms with van der Waals surface area (Å²) < 4.78 is 4.75. The van der Waals surface area contributed by atoms with E-state index in [0.717, 1.165) is 5.56 Å². The Hall–Kier alpha value is -2.08. The topological polar surface area (TPSA) is 75.7 Å². The molecule has 23 heavy (non-hydrogen) atoms. The van der Waals surface area contributed by atoms with Gasteiger partial charge < -0.3 is 15.0 Å². The number of hydrogen-bond donors (Lipinski definition) is 1. The second-order valence-corrected chi connectivity index (χ2v) is 5.77. The molecule has 1 aliphatic rings. The number of hydrogen-bond acceptors (Lipinski definition) is 4. The fourth-order valence-corrected chi connectivity index (χ4v) is 2.57. The summed E-state index contributed by atoms with van der Waals surface area (Å²) in [5, 5.41) is 3.08. The Kier molecular flexibility index (Phi) is 5.60. The number of nitrogens with zero attached hydrogens (tertiary/aromatic N) is 1. The molecule has 6 nitrogen and oxygen atoms in total. The van der Waals surface area contributed by atoms with Crippen LogP contribution < -0.4 is 10.2 Å². The Labute approximate surface area is 139 Å². The second kappa shape index (κ2) is 7.46. The predicted molar refractivity (Wildman–Crippen MR) is 86.3 cm³/mol. The molecule has 0 aromatic heterocycles. The van der Waals surface area contributed by atoms with E-state index in [-0.39, 0.29) is 37.9 Å². The maximum atomic E-state index is 12.1. The molecular formula is C16H19ClN2O4. The fraction of sp³-hybridized carbons (Fsp3) is 0.438. The highest BCUT2D eigenvalue weighted by Gasteiger charge is 2.35. The number of carbonyl (C=O) groups is 3. The zero-order chi connectivity index (χ0) is 17.0. The average molecular weight is 339 g/mol. The molecule has 0 bridgehead atoms. The first-order valence-corrected chi connectivity index (χ1v) is 7.80. The zero-order valence-electron chi connectivity index (χ0n) is 13.1. The Balaban J connectivity index is 1.97. The largest absolute Gasteiger partial charge is 0.465 e. The molecular weight excluding hydrogens is 320 g/mol. The van der Waals surface area contributed by atoms with Crippen molar-refractivity contribution in [2.45, 2.75) is 20.3 Å². The lowest BCUT2D eigenvalue weighted by Crippen LogP contribution is -2.36. The van der Waals surface area contributed by atoms with Crippen LogP contribution in [-0.4, -0.2) is 37.5 Å². The van der Waals surface area contributed by atoms with E-state index in [4.69, 9.17) is 16.3 Å². The number of halogens is 1. The molecule has 1 aromatic rings. The third-order valence-corrected chi connectivity index (χ3v) is 4.08. The first-order valence-electron chi connectivity index (χ1n) is 7.42. The molecule has 2 amide bonds. The van der Waals surface area contributed by atoms with Gasteiger partial charge in [-0.1, -0.05) is 17.7 Å². The van der Waals surface area contributed by atoms with Crippen LogP contribution in [0, 0.1) is 12.8 Å². The van der Waals surface area contributed by atoms with Crippen LogP contribution >= 0.6 is 11.6 Å². The van der Waals surface area contributed by atoms with E-state index in [2.05, 4.69) is 5.32 Å². The first-order chi connectivity index (χ1) is 10.9. The molecule has 1 atom stereocenters. The van der Waals surface area contributed by atoms with Crippen LogP contribution in [0.5, 0.6) is 0 Å². The monoisotopic (exact) mass is 338 g/mol. The molecule has 0 radical (unpaired) electrons. The minimum Gasteiger partial charge on any atom is -0.465 e. The number of benzene rings is 1. The highest BCUT2D eigenvalue weighted by atomic mass is 35.5. The van der Waals surface area contributed by atoms with Gasteiger partial charge in [-0.25, -0.2) is 0 Å². The van der Waals surface area contributed by atoms with Crippen molar-refractivity contribution in [3.63, 3.8) is 0 Å². The normalized spacial score (nSPS) is 17.3. The Morgan fingerprint density at radius 3 is 2.83 bits per heavy atom. The molecule has 1 aromatic carbocycles. The smallest absolute Gasteiger partial charge is 0.325 e. The highest BCUT2D eigenvalue weighted by Crippen LogP contribution is 2.28. The lowest BCUT2D eigenvalue weighted by molar-refractivity contribution is -0.143. The van der Waals surface area contributed by atoms with E-state index in [1.54, 1.807) is 24.0 Å². The van der Waals surface area contributed by atoms with E-state index >= 15 is 0 Å². The van der Waals surface area contributed by atoms with Gasteiger partial charge in [0.05, 0.1) is 12.5 Å². The van der Waals surface area contributed by atoms with E-state index < -0.39 is 11.9 Å². The molecule has 0 aliphatic carbocycles. The second-order valence-electron chi connectivity index (χ2n) is 5.36. The summed E-state index contributed by atoms with van der Waals surface area (Å²) >= 11 is 6.08. The van der Waals surface area contributed by atoms with Gasteiger partial charge in [-0.3, -0.25) is 14.4 Å². The number of anilines is 1. The van der Waals surface area contributed by atoms with Gasteiger partial charge in [-0.15, -0.1) is 0 Å². The van der Waals surface area contributed by atoms with Gasteiger partial charge in [0.1, 0.15) is 6.54 Å². The summed E-state index contributed by atoms with van der Waals surface area (Å²) in [4.78, 5) is 37.0. The maximum Gasteiger partial charge on any atom is 0.325 e. The number of nitrogens with one attached hydrogen (secondary N) is 1. The van der Waals surface area contributed by atoms with Crippen molar-refractivity contribution >= 4 is 35.1 Å². The maximum absolute atomic E-state index is 12.1. The molecule has 0 saturated carbocycles. The summed E-state index contributed by atoms with van der Waals surface area (Å²) in [7, 11) is 0. The van der Waals surface area contributed by atoms with Crippen LogP contribution in [0.25, 0.3) is 0 Å². The van der Waals surface area contributed by atoms with Crippen molar-refractivity contribution in [3.05, 3.63) is 28.8 Å². The van der Waals surface area contributed by atoms with Gasteiger partial charge in [-0.2, -0.15) is 0 Å².